The second-order valence-corrected chi connectivity index (χ2v) is 6.86. The number of hydrogen-bond acceptors (Lipinski definition) is 6. The molecule has 0 N–H and O–H groups in total. The molecular formula is C20H19BrN2O5. The maximum Gasteiger partial charge on any atom is 0.247 e. The summed E-state index contributed by atoms with van der Waals surface area (Å²) in [5, 5.41) is 0. The molecule has 0 amide bonds. The molecule has 0 bridgehead atoms. The van der Waals surface area contributed by atoms with Crippen molar-refractivity contribution in [3.63, 3.8) is 0 Å². The Morgan fingerprint density at radius 3 is 2.93 bits per heavy atom. The van der Waals surface area contributed by atoms with Gasteiger partial charge in [-0.25, -0.2) is 4.85 Å². The summed E-state index contributed by atoms with van der Waals surface area (Å²) in [6, 6.07) is 8.18. The third-order valence-electron chi connectivity index (χ3n) is 4.02. The van der Waals surface area contributed by atoms with Gasteiger partial charge < -0.3 is 18.9 Å². The lowest BCUT2D eigenvalue weighted by molar-refractivity contribution is -0.165. The number of halogens is 1. The fourth-order valence-electron chi connectivity index (χ4n) is 2.62. The van der Waals surface area contributed by atoms with Crippen molar-refractivity contribution in [1.29, 1.82) is 0 Å². The van der Waals surface area contributed by atoms with Gasteiger partial charge in [0.05, 0.1) is 13.2 Å². The molecule has 0 spiro atoms. The summed E-state index contributed by atoms with van der Waals surface area (Å²) in [5.41, 5.74) is 0.750. The van der Waals surface area contributed by atoms with Gasteiger partial charge in [0.15, 0.2) is 12.6 Å². The maximum absolute atomic E-state index is 11.1. The van der Waals surface area contributed by atoms with Crippen LogP contribution in [-0.2, 0) is 9.47 Å². The van der Waals surface area contributed by atoms with Gasteiger partial charge in [0.2, 0.25) is 17.4 Å². The molecule has 28 heavy (non-hydrogen) atoms. The maximum atomic E-state index is 11.1. The average Bonchev–Trinajstić information content (AvgIpc) is 2.73. The van der Waals surface area contributed by atoms with Gasteiger partial charge in [-0.3, -0.25) is 4.79 Å². The smallest absolute Gasteiger partial charge is 0.247 e. The summed E-state index contributed by atoms with van der Waals surface area (Å²) < 4.78 is 23.1. The van der Waals surface area contributed by atoms with Crippen molar-refractivity contribution in [3.8, 4) is 17.5 Å². The zero-order valence-corrected chi connectivity index (χ0v) is 16.7. The Morgan fingerprint density at radius 2 is 2.18 bits per heavy atom. The highest BCUT2D eigenvalue weighted by Gasteiger charge is 2.14. The first-order valence-electron chi connectivity index (χ1n) is 8.86. The predicted molar refractivity (Wildman–Crippen MR) is 105 cm³/mol. The molecule has 1 unspecified atom stereocenters. The SMILES string of the molecule is [C-]#[N+]c1ccc(Oc2ccc(Br)c(C=O)c2)nc1OCCOC1CCCCO1. The normalized spacial score (nSPS) is 16.2. The van der Waals surface area contributed by atoms with Crippen LogP contribution in [0.3, 0.4) is 0 Å². The Kier molecular flexibility index (Phi) is 7.37. The van der Waals surface area contributed by atoms with Crippen molar-refractivity contribution in [1.82, 2.24) is 4.98 Å². The molecule has 1 saturated heterocycles. The molecule has 3 rings (SSSR count). The number of nitrogens with zero attached hydrogens (tertiary/aromatic N) is 2. The van der Waals surface area contributed by atoms with Crippen LogP contribution in [0.15, 0.2) is 34.8 Å². The summed E-state index contributed by atoms with van der Waals surface area (Å²) >= 11 is 3.29. The van der Waals surface area contributed by atoms with E-state index >= 15 is 0 Å². The molecule has 1 aromatic heterocycles. The number of benzene rings is 1. The number of aromatic nitrogens is 1. The minimum Gasteiger partial charge on any atom is -0.484 e. The van der Waals surface area contributed by atoms with Gasteiger partial charge >= 0.3 is 0 Å². The van der Waals surface area contributed by atoms with E-state index < -0.39 is 0 Å². The lowest BCUT2D eigenvalue weighted by Gasteiger charge is -2.22. The van der Waals surface area contributed by atoms with Crippen LogP contribution in [0.4, 0.5) is 5.69 Å². The molecule has 0 radical (unpaired) electrons. The van der Waals surface area contributed by atoms with Gasteiger partial charge in [-0.15, -0.1) is 0 Å². The van der Waals surface area contributed by atoms with E-state index in [1.54, 1.807) is 30.3 Å². The fraction of sp³-hybridized carbons (Fsp3) is 0.350. The molecule has 2 heterocycles. The molecule has 1 fully saturated rings. The van der Waals surface area contributed by atoms with Crippen molar-refractivity contribution >= 4 is 27.9 Å². The Morgan fingerprint density at radius 1 is 1.29 bits per heavy atom. The first kappa shape index (κ1) is 20.3. The summed E-state index contributed by atoms with van der Waals surface area (Å²) in [7, 11) is 0. The van der Waals surface area contributed by atoms with Crippen LogP contribution in [0.25, 0.3) is 4.85 Å². The standard InChI is InChI=1S/C20H19BrN2O5/c1-22-17-7-8-18(28-15-5-6-16(21)14(12-15)13-24)23-20(17)27-11-10-26-19-4-2-3-9-25-19/h5-8,12-13,19H,2-4,9-11H2. The number of rotatable bonds is 8. The molecule has 8 heteroatoms. The monoisotopic (exact) mass is 446 g/mol. The van der Waals surface area contributed by atoms with Crippen molar-refractivity contribution in [2.45, 2.75) is 25.6 Å². The molecule has 7 nitrogen and oxygen atoms in total. The van der Waals surface area contributed by atoms with E-state index in [0.29, 0.717) is 22.4 Å². The molecule has 2 aromatic rings. The minimum absolute atomic E-state index is 0.174. The quantitative estimate of drug-likeness (QED) is 0.325. The van der Waals surface area contributed by atoms with Gasteiger partial charge in [0.25, 0.3) is 0 Å². The number of carbonyl (C=O) groups is 1. The highest BCUT2D eigenvalue weighted by atomic mass is 79.9. The zero-order chi connectivity index (χ0) is 19.8. The number of pyridine rings is 1. The first-order chi connectivity index (χ1) is 13.7. The molecule has 1 aromatic carbocycles. The van der Waals surface area contributed by atoms with E-state index in [4.69, 9.17) is 25.5 Å². The van der Waals surface area contributed by atoms with E-state index in [2.05, 4.69) is 25.8 Å². The van der Waals surface area contributed by atoms with Gasteiger partial charge in [-0.2, -0.15) is 4.98 Å². The zero-order valence-electron chi connectivity index (χ0n) is 15.1. The van der Waals surface area contributed by atoms with Crippen LogP contribution in [0, 0.1) is 6.57 Å². The Labute approximate surface area is 171 Å². The van der Waals surface area contributed by atoms with E-state index in [1.165, 1.54) is 0 Å². The molecule has 1 aliphatic rings. The number of hydrogen-bond donors (Lipinski definition) is 0. The van der Waals surface area contributed by atoms with Crippen LogP contribution >= 0.6 is 15.9 Å². The van der Waals surface area contributed by atoms with E-state index in [-0.39, 0.29) is 30.3 Å². The van der Waals surface area contributed by atoms with Crippen LogP contribution in [0.5, 0.6) is 17.5 Å². The lowest BCUT2D eigenvalue weighted by atomic mass is 10.2. The van der Waals surface area contributed by atoms with Crippen molar-refractivity contribution in [3.05, 3.63) is 51.8 Å². The summed E-state index contributed by atoms with van der Waals surface area (Å²) in [4.78, 5) is 18.7. The lowest BCUT2D eigenvalue weighted by Crippen LogP contribution is -2.24. The van der Waals surface area contributed by atoms with Crippen molar-refractivity contribution < 1.29 is 23.7 Å². The van der Waals surface area contributed by atoms with Gasteiger partial charge in [0, 0.05) is 16.6 Å². The number of ether oxygens (including phenoxy) is 4. The highest BCUT2D eigenvalue weighted by molar-refractivity contribution is 9.10. The van der Waals surface area contributed by atoms with Crippen molar-refractivity contribution in [2.75, 3.05) is 19.8 Å². The second kappa shape index (κ2) is 10.2. The van der Waals surface area contributed by atoms with E-state index in [1.807, 2.05) is 0 Å². The highest BCUT2D eigenvalue weighted by Crippen LogP contribution is 2.31. The van der Waals surface area contributed by atoms with Crippen molar-refractivity contribution in [2.24, 2.45) is 0 Å². The largest absolute Gasteiger partial charge is 0.484 e. The van der Waals surface area contributed by atoms with Crippen LogP contribution < -0.4 is 9.47 Å². The molecule has 1 atom stereocenters. The number of carbonyl (C=O) groups excluding carboxylic acids is 1. The Balaban J connectivity index is 1.61. The van der Waals surface area contributed by atoms with Crippen LogP contribution in [0.1, 0.15) is 29.6 Å². The molecule has 146 valence electrons. The van der Waals surface area contributed by atoms with Gasteiger partial charge in [-0.1, -0.05) is 15.9 Å². The predicted octanol–water partition coefficient (Wildman–Crippen LogP) is 4.92. The van der Waals surface area contributed by atoms with E-state index in [9.17, 15) is 4.79 Å². The average molecular weight is 447 g/mol. The van der Waals surface area contributed by atoms with Gasteiger partial charge in [0.1, 0.15) is 12.4 Å². The second-order valence-electron chi connectivity index (χ2n) is 6.00. The molecule has 0 aliphatic carbocycles. The number of aldehydes is 1. The Hall–Kier alpha value is -2.47. The Bertz CT molecular complexity index is 862. The van der Waals surface area contributed by atoms with E-state index in [0.717, 1.165) is 32.2 Å². The minimum atomic E-state index is -0.190. The van der Waals surface area contributed by atoms with Crippen LogP contribution in [0.2, 0.25) is 0 Å². The topological polar surface area (TPSA) is 71.2 Å². The molecular weight excluding hydrogens is 428 g/mol. The third-order valence-corrected chi connectivity index (χ3v) is 4.74. The molecule has 1 aliphatic heterocycles. The molecule has 0 saturated carbocycles. The first-order valence-corrected chi connectivity index (χ1v) is 9.66. The van der Waals surface area contributed by atoms with Crippen LogP contribution in [-0.4, -0.2) is 37.4 Å². The summed E-state index contributed by atoms with van der Waals surface area (Å²) in [6.07, 6.45) is 3.58. The summed E-state index contributed by atoms with van der Waals surface area (Å²) in [6.45, 7) is 8.56. The van der Waals surface area contributed by atoms with Gasteiger partial charge in [-0.05, 0) is 49.6 Å². The fourth-order valence-corrected chi connectivity index (χ4v) is 2.96. The summed E-state index contributed by atoms with van der Waals surface area (Å²) in [5.74, 6) is 0.892. The third kappa shape index (κ3) is 5.52.